The third-order valence-corrected chi connectivity index (χ3v) is 6.39. The van der Waals surface area contributed by atoms with E-state index < -0.39 is 5.97 Å². The van der Waals surface area contributed by atoms with E-state index in [0.717, 1.165) is 44.9 Å². The predicted molar refractivity (Wildman–Crippen MR) is 116 cm³/mol. The fraction of sp³-hybridized carbons (Fsp3) is 0.917. The van der Waals surface area contributed by atoms with Crippen LogP contribution in [0.25, 0.3) is 0 Å². The Labute approximate surface area is 173 Å². The maximum Gasteiger partial charge on any atom is 0.306 e. The Morgan fingerprint density at radius 3 is 1.79 bits per heavy atom. The van der Waals surface area contributed by atoms with Gasteiger partial charge in [-0.05, 0) is 50.4 Å². The fourth-order valence-electron chi connectivity index (χ4n) is 4.09. The summed E-state index contributed by atoms with van der Waals surface area (Å²) in [7, 11) is 0. The Bertz CT molecular complexity index is 409. The Morgan fingerprint density at radius 2 is 1.29 bits per heavy atom. The number of ether oxygens (including phenoxy) is 1. The molecule has 28 heavy (non-hydrogen) atoms. The number of aliphatic carboxylic acids is 1. The monoisotopic (exact) mass is 398 g/mol. The number of carbonyl (C=O) groups excluding carboxylic acids is 1. The highest BCUT2D eigenvalue weighted by Gasteiger charge is 2.42. The summed E-state index contributed by atoms with van der Waals surface area (Å²) < 4.78 is 6.26. The average molecular weight is 399 g/mol. The van der Waals surface area contributed by atoms with Crippen molar-refractivity contribution in [2.75, 3.05) is 0 Å². The minimum absolute atomic E-state index is 0.0765. The van der Waals surface area contributed by atoms with Crippen LogP contribution < -0.4 is 0 Å². The van der Waals surface area contributed by atoms with Gasteiger partial charge in [0.1, 0.15) is 5.60 Å². The van der Waals surface area contributed by atoms with E-state index >= 15 is 0 Å². The highest BCUT2D eigenvalue weighted by Crippen LogP contribution is 2.39. The van der Waals surface area contributed by atoms with Gasteiger partial charge in [0, 0.05) is 12.8 Å². The van der Waals surface area contributed by atoms with Crippen LogP contribution in [-0.4, -0.2) is 22.6 Å². The predicted octanol–water partition coefficient (Wildman–Crippen LogP) is 7.15. The summed E-state index contributed by atoms with van der Waals surface area (Å²) in [6, 6.07) is 0. The largest absolute Gasteiger partial charge is 0.481 e. The molecule has 0 rings (SSSR count). The van der Waals surface area contributed by atoms with Gasteiger partial charge in [0.2, 0.25) is 0 Å². The van der Waals surface area contributed by atoms with E-state index in [1.807, 2.05) is 0 Å². The van der Waals surface area contributed by atoms with E-state index in [9.17, 15) is 9.59 Å². The van der Waals surface area contributed by atoms with E-state index in [0.29, 0.717) is 24.7 Å². The van der Waals surface area contributed by atoms with Crippen LogP contribution in [0, 0.1) is 11.8 Å². The first-order chi connectivity index (χ1) is 13.3. The molecule has 4 heteroatoms. The molecule has 4 nitrogen and oxygen atoms in total. The minimum Gasteiger partial charge on any atom is -0.481 e. The molecule has 0 aliphatic carbocycles. The fourth-order valence-corrected chi connectivity index (χ4v) is 4.09. The lowest BCUT2D eigenvalue weighted by Gasteiger charge is -2.43. The van der Waals surface area contributed by atoms with Gasteiger partial charge in [0.05, 0.1) is 0 Å². The number of carbonyl (C=O) groups is 2. The summed E-state index contributed by atoms with van der Waals surface area (Å²) in [4.78, 5) is 23.2. The molecule has 0 aromatic heterocycles. The molecule has 0 saturated carbocycles. The lowest BCUT2D eigenvalue weighted by atomic mass is 9.72. The molecule has 2 atom stereocenters. The van der Waals surface area contributed by atoms with Crippen LogP contribution in [0.15, 0.2) is 0 Å². The summed E-state index contributed by atoms with van der Waals surface area (Å²) in [5.74, 6) is -0.112. The average Bonchev–Trinajstić information content (AvgIpc) is 2.67. The zero-order valence-electron chi connectivity index (χ0n) is 19.2. The molecule has 166 valence electrons. The molecule has 0 aromatic rings. The summed E-state index contributed by atoms with van der Waals surface area (Å²) in [5.41, 5.74) is -0.351. The standard InChI is InChI=1S/C24H46O4/c1-6-9-10-13-16-19-24(20(4)7-2,21(5)8-3)28-23(27)18-15-12-11-14-17-22(25)26/h20-21H,6-19H2,1-5H3,(H,25,26). The van der Waals surface area contributed by atoms with Gasteiger partial charge in [-0.2, -0.15) is 0 Å². The Kier molecular flexibility index (Phi) is 15.2. The van der Waals surface area contributed by atoms with E-state index in [2.05, 4.69) is 34.6 Å². The topological polar surface area (TPSA) is 63.6 Å². The van der Waals surface area contributed by atoms with Gasteiger partial charge in [-0.3, -0.25) is 9.59 Å². The van der Waals surface area contributed by atoms with Gasteiger partial charge in [0.15, 0.2) is 0 Å². The second-order valence-electron chi connectivity index (χ2n) is 8.52. The molecule has 2 unspecified atom stereocenters. The molecular formula is C24H46O4. The molecule has 0 aliphatic rings. The Balaban J connectivity index is 4.74. The van der Waals surface area contributed by atoms with Gasteiger partial charge in [-0.25, -0.2) is 0 Å². The molecule has 0 aliphatic heterocycles. The number of unbranched alkanes of at least 4 members (excludes halogenated alkanes) is 7. The lowest BCUT2D eigenvalue weighted by molar-refractivity contribution is -0.176. The summed E-state index contributed by atoms with van der Waals surface area (Å²) in [6.07, 6.45) is 13.0. The van der Waals surface area contributed by atoms with Crippen molar-refractivity contribution in [2.24, 2.45) is 11.8 Å². The van der Waals surface area contributed by atoms with Crippen molar-refractivity contribution in [1.82, 2.24) is 0 Å². The summed E-state index contributed by atoms with van der Waals surface area (Å²) in [6.45, 7) is 11.1. The molecule has 0 fully saturated rings. The Hall–Kier alpha value is -1.06. The van der Waals surface area contributed by atoms with Gasteiger partial charge >= 0.3 is 11.9 Å². The van der Waals surface area contributed by atoms with Crippen molar-refractivity contribution in [3.8, 4) is 0 Å². The molecule has 0 bridgehead atoms. The van der Waals surface area contributed by atoms with Crippen LogP contribution in [0.3, 0.4) is 0 Å². The number of carboxylic acids is 1. The molecule has 0 radical (unpaired) electrons. The number of hydrogen-bond acceptors (Lipinski definition) is 3. The summed E-state index contributed by atoms with van der Waals surface area (Å²) >= 11 is 0. The Morgan fingerprint density at radius 1 is 0.786 bits per heavy atom. The lowest BCUT2D eigenvalue weighted by Crippen LogP contribution is -2.47. The van der Waals surface area contributed by atoms with E-state index in [1.54, 1.807) is 0 Å². The van der Waals surface area contributed by atoms with Crippen molar-refractivity contribution >= 4 is 11.9 Å². The molecule has 1 N–H and O–H groups in total. The third kappa shape index (κ3) is 10.5. The van der Waals surface area contributed by atoms with Crippen molar-refractivity contribution in [3.63, 3.8) is 0 Å². The number of rotatable bonds is 18. The van der Waals surface area contributed by atoms with Crippen LogP contribution in [0.5, 0.6) is 0 Å². The highest BCUT2D eigenvalue weighted by atomic mass is 16.6. The van der Waals surface area contributed by atoms with Crippen LogP contribution >= 0.6 is 0 Å². The normalized spacial score (nSPS) is 15.6. The molecular weight excluding hydrogens is 352 g/mol. The third-order valence-electron chi connectivity index (χ3n) is 6.39. The molecule has 0 saturated heterocycles. The molecule has 0 spiro atoms. The first-order valence-electron chi connectivity index (χ1n) is 11.8. The first kappa shape index (κ1) is 26.9. The van der Waals surface area contributed by atoms with Crippen molar-refractivity contribution < 1.29 is 19.4 Å². The quantitative estimate of drug-likeness (QED) is 0.197. The molecule has 0 heterocycles. The van der Waals surface area contributed by atoms with E-state index in [4.69, 9.17) is 9.84 Å². The van der Waals surface area contributed by atoms with Gasteiger partial charge < -0.3 is 9.84 Å². The van der Waals surface area contributed by atoms with Crippen molar-refractivity contribution in [1.29, 1.82) is 0 Å². The molecule has 0 aromatic carbocycles. The van der Waals surface area contributed by atoms with Gasteiger partial charge in [0.25, 0.3) is 0 Å². The second kappa shape index (κ2) is 15.8. The summed E-state index contributed by atoms with van der Waals surface area (Å²) in [5, 5.41) is 8.68. The van der Waals surface area contributed by atoms with Crippen LogP contribution in [0.4, 0.5) is 0 Å². The van der Waals surface area contributed by atoms with E-state index in [-0.39, 0.29) is 18.0 Å². The second-order valence-corrected chi connectivity index (χ2v) is 8.52. The van der Waals surface area contributed by atoms with Crippen molar-refractivity contribution in [2.45, 2.75) is 130 Å². The van der Waals surface area contributed by atoms with E-state index in [1.165, 1.54) is 25.7 Å². The van der Waals surface area contributed by atoms with Gasteiger partial charge in [-0.15, -0.1) is 0 Å². The zero-order chi connectivity index (χ0) is 21.4. The number of carboxylic acid groups (broad SMARTS) is 1. The van der Waals surface area contributed by atoms with Crippen LogP contribution in [0.2, 0.25) is 0 Å². The van der Waals surface area contributed by atoms with Crippen molar-refractivity contribution in [3.05, 3.63) is 0 Å². The highest BCUT2D eigenvalue weighted by molar-refractivity contribution is 5.70. The van der Waals surface area contributed by atoms with Crippen LogP contribution in [0.1, 0.15) is 125 Å². The zero-order valence-corrected chi connectivity index (χ0v) is 19.2. The smallest absolute Gasteiger partial charge is 0.306 e. The maximum atomic E-state index is 12.7. The minimum atomic E-state index is -0.745. The number of esters is 1. The van der Waals surface area contributed by atoms with Gasteiger partial charge in [-0.1, -0.05) is 73.1 Å². The molecule has 0 amide bonds. The van der Waals surface area contributed by atoms with Crippen LogP contribution in [-0.2, 0) is 14.3 Å². The first-order valence-corrected chi connectivity index (χ1v) is 11.8. The maximum absolute atomic E-state index is 12.7. The SMILES string of the molecule is CCCCCCCC(OC(=O)CCCCCCC(=O)O)(C(C)CC)C(C)CC. The number of hydrogen-bond donors (Lipinski definition) is 1.